The van der Waals surface area contributed by atoms with Gasteiger partial charge < -0.3 is 14.8 Å². The fourth-order valence-corrected chi connectivity index (χ4v) is 2.41. The Balaban J connectivity index is 2.29. The summed E-state index contributed by atoms with van der Waals surface area (Å²) in [5, 5.41) is 4.96. The number of rotatable bonds is 5. The summed E-state index contributed by atoms with van der Waals surface area (Å²) in [7, 11) is 3.18. The van der Waals surface area contributed by atoms with Crippen LogP contribution >= 0.6 is 22.9 Å². The van der Waals surface area contributed by atoms with Gasteiger partial charge in [0.2, 0.25) is 5.91 Å². The molecule has 5 nitrogen and oxygen atoms in total. The highest BCUT2D eigenvalue weighted by Gasteiger charge is 2.12. The van der Waals surface area contributed by atoms with Crippen LogP contribution in [0.4, 0.5) is 5.13 Å². The number of nitrogens with one attached hydrogen (secondary N) is 1. The number of halogens is 1. The molecule has 20 heavy (non-hydrogen) atoms. The van der Waals surface area contributed by atoms with E-state index in [1.165, 1.54) is 11.3 Å². The number of alkyl halides is 1. The quantitative estimate of drug-likeness (QED) is 0.862. The van der Waals surface area contributed by atoms with Crippen LogP contribution in [0, 0.1) is 0 Å². The Bertz CT molecular complexity index is 615. The number of hydrogen-bond acceptors (Lipinski definition) is 5. The highest BCUT2D eigenvalue weighted by molar-refractivity contribution is 7.14. The van der Waals surface area contributed by atoms with Crippen molar-refractivity contribution in [3.63, 3.8) is 0 Å². The predicted octanol–water partition coefficient (Wildman–Crippen LogP) is 3.00. The molecule has 0 unspecified atom stereocenters. The summed E-state index contributed by atoms with van der Waals surface area (Å²) < 4.78 is 10.5. The first-order chi connectivity index (χ1) is 9.67. The van der Waals surface area contributed by atoms with Crippen molar-refractivity contribution >= 4 is 34.0 Å². The average molecular weight is 313 g/mol. The maximum atomic E-state index is 11.2. The molecule has 1 N–H and O–H groups in total. The molecule has 1 aromatic carbocycles. The summed E-state index contributed by atoms with van der Waals surface area (Å²) in [6.07, 6.45) is 0. The number of carbonyl (C=O) groups excluding carboxylic acids is 1. The zero-order valence-electron chi connectivity index (χ0n) is 11.0. The molecule has 0 radical (unpaired) electrons. The van der Waals surface area contributed by atoms with Gasteiger partial charge in [0.15, 0.2) is 5.13 Å². The number of nitrogens with zero attached hydrogens (tertiary/aromatic N) is 1. The van der Waals surface area contributed by atoms with E-state index < -0.39 is 0 Å². The van der Waals surface area contributed by atoms with Crippen molar-refractivity contribution in [2.75, 3.05) is 25.4 Å². The number of anilines is 1. The van der Waals surface area contributed by atoms with Gasteiger partial charge in [-0.25, -0.2) is 4.98 Å². The maximum absolute atomic E-state index is 11.2. The lowest BCUT2D eigenvalue weighted by Crippen LogP contribution is -2.12. The molecule has 0 aliphatic heterocycles. The highest BCUT2D eigenvalue weighted by atomic mass is 35.5. The minimum absolute atomic E-state index is 0.0965. The van der Waals surface area contributed by atoms with Crippen molar-refractivity contribution in [3.05, 3.63) is 23.6 Å². The maximum Gasteiger partial charge on any atom is 0.241 e. The number of benzene rings is 1. The van der Waals surface area contributed by atoms with Crippen LogP contribution in [0.15, 0.2) is 23.6 Å². The molecule has 1 amide bonds. The number of aromatic nitrogens is 1. The third-order valence-corrected chi connectivity index (χ3v) is 3.56. The van der Waals surface area contributed by atoms with Crippen molar-refractivity contribution in [1.82, 2.24) is 4.98 Å². The molecule has 1 aromatic heterocycles. The van der Waals surface area contributed by atoms with Crippen LogP contribution in [0.2, 0.25) is 0 Å². The van der Waals surface area contributed by atoms with Gasteiger partial charge in [0, 0.05) is 17.0 Å². The molecule has 0 spiro atoms. The summed E-state index contributed by atoms with van der Waals surface area (Å²) in [5.74, 6) is 0.983. The Morgan fingerprint density at radius 3 is 2.85 bits per heavy atom. The molecule has 1 heterocycles. The molecule has 0 aliphatic rings. The van der Waals surface area contributed by atoms with E-state index in [2.05, 4.69) is 10.3 Å². The Labute approximate surface area is 125 Å². The SMILES string of the molecule is COc1ccc(-c2csc(NC(=O)CCl)n2)c(OC)c1. The summed E-state index contributed by atoms with van der Waals surface area (Å²) in [4.78, 5) is 15.6. The Morgan fingerprint density at radius 2 is 2.20 bits per heavy atom. The zero-order chi connectivity index (χ0) is 14.5. The third kappa shape index (κ3) is 3.20. The van der Waals surface area contributed by atoms with Crippen molar-refractivity contribution in [3.8, 4) is 22.8 Å². The van der Waals surface area contributed by atoms with E-state index in [0.29, 0.717) is 16.6 Å². The first-order valence-electron chi connectivity index (χ1n) is 5.71. The highest BCUT2D eigenvalue weighted by Crippen LogP contribution is 2.34. The fraction of sp³-hybridized carbons (Fsp3) is 0.231. The monoisotopic (exact) mass is 312 g/mol. The molecule has 0 aliphatic carbocycles. The van der Waals surface area contributed by atoms with E-state index in [0.717, 1.165) is 11.3 Å². The zero-order valence-corrected chi connectivity index (χ0v) is 12.5. The van der Waals surface area contributed by atoms with E-state index in [1.807, 2.05) is 17.5 Å². The first kappa shape index (κ1) is 14.6. The molecule has 2 rings (SSSR count). The van der Waals surface area contributed by atoms with Crippen molar-refractivity contribution < 1.29 is 14.3 Å². The van der Waals surface area contributed by atoms with Gasteiger partial charge >= 0.3 is 0 Å². The molecule has 0 bridgehead atoms. The van der Waals surface area contributed by atoms with E-state index >= 15 is 0 Å². The van der Waals surface area contributed by atoms with Crippen LogP contribution in [-0.4, -0.2) is 31.0 Å². The van der Waals surface area contributed by atoms with Crippen molar-refractivity contribution in [2.45, 2.75) is 0 Å². The average Bonchev–Trinajstić information content (AvgIpc) is 2.94. The van der Waals surface area contributed by atoms with E-state index in [4.69, 9.17) is 21.1 Å². The normalized spacial score (nSPS) is 10.2. The minimum Gasteiger partial charge on any atom is -0.497 e. The standard InChI is InChI=1S/C13H13ClN2O3S/c1-18-8-3-4-9(11(5-8)19-2)10-7-20-13(15-10)16-12(17)6-14/h3-5,7H,6H2,1-2H3,(H,15,16,17). The summed E-state index contributed by atoms with van der Waals surface area (Å²) in [6.45, 7) is 0. The number of hydrogen-bond donors (Lipinski definition) is 1. The number of carbonyl (C=O) groups is 1. The lowest BCUT2D eigenvalue weighted by Gasteiger charge is -2.08. The number of methoxy groups -OCH3 is 2. The largest absolute Gasteiger partial charge is 0.497 e. The van der Waals surface area contributed by atoms with E-state index in [-0.39, 0.29) is 11.8 Å². The summed E-state index contributed by atoms with van der Waals surface area (Å²) in [5.41, 5.74) is 1.55. The molecular weight excluding hydrogens is 300 g/mol. The number of thiazole rings is 1. The van der Waals surface area contributed by atoms with Gasteiger partial charge in [-0.3, -0.25) is 4.79 Å². The van der Waals surface area contributed by atoms with E-state index in [9.17, 15) is 4.79 Å². The van der Waals surface area contributed by atoms with Crippen molar-refractivity contribution in [1.29, 1.82) is 0 Å². The Kier molecular flexibility index (Phi) is 4.81. The van der Waals surface area contributed by atoms with Crippen LogP contribution in [0.3, 0.4) is 0 Å². The van der Waals surface area contributed by atoms with Gasteiger partial charge in [0.05, 0.1) is 19.9 Å². The van der Waals surface area contributed by atoms with Crippen LogP contribution < -0.4 is 14.8 Å². The Morgan fingerprint density at radius 1 is 1.40 bits per heavy atom. The molecule has 7 heteroatoms. The number of amides is 1. The van der Waals surface area contributed by atoms with Crippen molar-refractivity contribution in [2.24, 2.45) is 0 Å². The van der Waals surface area contributed by atoms with Crippen LogP contribution in [0.25, 0.3) is 11.3 Å². The molecule has 2 aromatic rings. The smallest absolute Gasteiger partial charge is 0.241 e. The molecule has 0 fully saturated rings. The second-order valence-electron chi connectivity index (χ2n) is 3.79. The molecular formula is C13H13ClN2O3S. The minimum atomic E-state index is -0.283. The first-order valence-corrected chi connectivity index (χ1v) is 7.13. The molecule has 0 saturated heterocycles. The lowest BCUT2D eigenvalue weighted by atomic mass is 10.1. The second kappa shape index (κ2) is 6.58. The van der Waals surface area contributed by atoms with E-state index in [1.54, 1.807) is 20.3 Å². The van der Waals surface area contributed by atoms with Crippen LogP contribution in [-0.2, 0) is 4.79 Å². The number of ether oxygens (including phenoxy) is 2. The van der Waals surface area contributed by atoms with Gasteiger partial charge in [-0.1, -0.05) is 0 Å². The predicted molar refractivity (Wildman–Crippen MR) is 80.0 cm³/mol. The van der Waals surface area contributed by atoms with Crippen LogP contribution in [0.1, 0.15) is 0 Å². The van der Waals surface area contributed by atoms with Gasteiger partial charge in [-0.15, -0.1) is 22.9 Å². The van der Waals surface area contributed by atoms with Gasteiger partial charge in [-0.05, 0) is 12.1 Å². The molecule has 106 valence electrons. The topological polar surface area (TPSA) is 60.5 Å². The summed E-state index contributed by atoms with van der Waals surface area (Å²) >= 11 is 6.77. The van der Waals surface area contributed by atoms with Gasteiger partial charge in [0.25, 0.3) is 0 Å². The second-order valence-corrected chi connectivity index (χ2v) is 4.91. The third-order valence-electron chi connectivity index (χ3n) is 2.56. The molecule has 0 atom stereocenters. The van der Waals surface area contributed by atoms with Gasteiger partial charge in [-0.2, -0.15) is 0 Å². The lowest BCUT2D eigenvalue weighted by molar-refractivity contribution is -0.113. The Hall–Kier alpha value is -1.79. The summed E-state index contributed by atoms with van der Waals surface area (Å²) in [6, 6.07) is 5.47. The van der Waals surface area contributed by atoms with Gasteiger partial charge in [0.1, 0.15) is 17.4 Å². The van der Waals surface area contributed by atoms with Crippen LogP contribution in [0.5, 0.6) is 11.5 Å². The fourth-order valence-electron chi connectivity index (χ4n) is 1.62. The molecule has 0 saturated carbocycles.